The minimum atomic E-state index is -0.513. The van der Waals surface area contributed by atoms with E-state index in [9.17, 15) is 4.79 Å². The van der Waals surface area contributed by atoms with Crippen LogP contribution in [0.15, 0.2) is 12.4 Å². The Bertz CT molecular complexity index is 427. The van der Waals surface area contributed by atoms with E-state index in [0.29, 0.717) is 12.5 Å². The van der Waals surface area contributed by atoms with Crippen LogP contribution >= 0.6 is 24.8 Å². The average molecular weight is 339 g/mol. The predicted molar refractivity (Wildman–Crippen MR) is 90.8 cm³/mol. The van der Waals surface area contributed by atoms with Crippen LogP contribution in [0.4, 0.5) is 0 Å². The summed E-state index contributed by atoms with van der Waals surface area (Å²) in [6.07, 6.45) is 3.69. The Labute approximate surface area is 139 Å². The van der Waals surface area contributed by atoms with E-state index in [0.717, 1.165) is 12.4 Å². The number of carbonyl (C=O) groups excluding carboxylic acids is 1. The van der Waals surface area contributed by atoms with Crippen LogP contribution in [0.25, 0.3) is 0 Å². The molecule has 21 heavy (non-hydrogen) atoms. The van der Waals surface area contributed by atoms with Crippen LogP contribution in [0.3, 0.4) is 0 Å². The van der Waals surface area contributed by atoms with Gasteiger partial charge in [-0.2, -0.15) is 0 Å². The van der Waals surface area contributed by atoms with Crippen LogP contribution in [0.2, 0.25) is 0 Å². The molecule has 0 aliphatic heterocycles. The zero-order valence-electron chi connectivity index (χ0n) is 13.4. The van der Waals surface area contributed by atoms with Crippen LogP contribution in [0.1, 0.15) is 40.4 Å². The molecule has 1 aromatic heterocycles. The van der Waals surface area contributed by atoms with Gasteiger partial charge >= 0.3 is 0 Å². The molecule has 0 aliphatic carbocycles. The SMILES string of the molecule is CC(C)Cn1ccnc1CNC(=O)[C@@H](N)C(C)(C)C.Cl.Cl. The highest BCUT2D eigenvalue weighted by Crippen LogP contribution is 2.17. The summed E-state index contributed by atoms with van der Waals surface area (Å²) in [6, 6.07) is -0.513. The van der Waals surface area contributed by atoms with Crippen LogP contribution in [-0.2, 0) is 17.9 Å². The van der Waals surface area contributed by atoms with Crippen molar-refractivity contribution < 1.29 is 4.79 Å². The van der Waals surface area contributed by atoms with E-state index in [4.69, 9.17) is 5.73 Å². The van der Waals surface area contributed by atoms with Gasteiger partial charge in [-0.15, -0.1) is 24.8 Å². The molecule has 0 saturated carbocycles. The van der Waals surface area contributed by atoms with Gasteiger partial charge in [0.25, 0.3) is 0 Å². The van der Waals surface area contributed by atoms with Crippen molar-refractivity contribution in [2.24, 2.45) is 17.1 Å². The van der Waals surface area contributed by atoms with Gasteiger partial charge in [0, 0.05) is 18.9 Å². The van der Waals surface area contributed by atoms with Gasteiger partial charge in [0.15, 0.2) is 0 Å². The van der Waals surface area contributed by atoms with E-state index in [1.54, 1.807) is 6.20 Å². The molecule has 7 heteroatoms. The van der Waals surface area contributed by atoms with Gasteiger partial charge in [-0.3, -0.25) is 4.79 Å². The number of aromatic nitrogens is 2. The standard InChI is InChI=1S/C14H26N4O.2ClH/c1-10(2)9-18-7-6-16-11(18)8-17-13(19)12(15)14(3,4)5;;/h6-7,10,12H,8-9,15H2,1-5H3,(H,17,19);2*1H/t12-;;/m1../s1. The third-order valence-corrected chi connectivity index (χ3v) is 3.00. The van der Waals surface area contributed by atoms with Crippen molar-refractivity contribution in [2.45, 2.75) is 53.8 Å². The van der Waals surface area contributed by atoms with Crippen molar-refractivity contribution in [3.05, 3.63) is 18.2 Å². The molecule has 1 amide bonds. The lowest BCUT2D eigenvalue weighted by Crippen LogP contribution is -2.48. The minimum absolute atomic E-state index is 0. The number of hydrogen-bond acceptors (Lipinski definition) is 3. The topological polar surface area (TPSA) is 72.9 Å². The summed E-state index contributed by atoms with van der Waals surface area (Å²) in [5, 5.41) is 2.86. The van der Waals surface area contributed by atoms with Crippen molar-refractivity contribution in [1.29, 1.82) is 0 Å². The number of imidazole rings is 1. The summed E-state index contributed by atoms with van der Waals surface area (Å²) in [5.74, 6) is 1.27. The number of halogens is 2. The summed E-state index contributed by atoms with van der Waals surface area (Å²) in [6.45, 7) is 11.5. The molecule has 0 radical (unpaired) electrons. The number of carbonyl (C=O) groups is 1. The predicted octanol–water partition coefficient (Wildman–Crippen LogP) is 2.37. The van der Waals surface area contributed by atoms with Gasteiger partial charge in [-0.1, -0.05) is 34.6 Å². The summed E-state index contributed by atoms with van der Waals surface area (Å²) < 4.78 is 2.06. The maximum Gasteiger partial charge on any atom is 0.237 e. The fourth-order valence-electron chi connectivity index (χ4n) is 1.74. The molecule has 3 N–H and O–H groups in total. The summed E-state index contributed by atoms with van der Waals surface area (Å²) in [5.41, 5.74) is 5.67. The molecule has 1 aromatic rings. The molecule has 0 fully saturated rings. The zero-order valence-corrected chi connectivity index (χ0v) is 15.1. The zero-order chi connectivity index (χ0) is 14.6. The monoisotopic (exact) mass is 338 g/mol. The first kappa shape index (κ1) is 22.5. The molecule has 0 unspecified atom stereocenters. The van der Waals surface area contributed by atoms with Crippen molar-refractivity contribution in [1.82, 2.24) is 14.9 Å². The van der Waals surface area contributed by atoms with Crippen molar-refractivity contribution in [3.63, 3.8) is 0 Å². The number of nitrogens with two attached hydrogens (primary N) is 1. The van der Waals surface area contributed by atoms with Crippen LogP contribution in [0, 0.1) is 11.3 Å². The Kier molecular flexibility index (Phi) is 9.94. The third-order valence-electron chi connectivity index (χ3n) is 3.00. The van der Waals surface area contributed by atoms with E-state index in [2.05, 4.69) is 28.7 Å². The quantitative estimate of drug-likeness (QED) is 0.865. The smallest absolute Gasteiger partial charge is 0.237 e. The Hall–Kier alpha value is -0.780. The number of nitrogens with zero attached hydrogens (tertiary/aromatic N) is 2. The van der Waals surface area contributed by atoms with Gasteiger partial charge in [0.2, 0.25) is 5.91 Å². The number of amides is 1. The molecule has 0 bridgehead atoms. The number of hydrogen-bond donors (Lipinski definition) is 2. The van der Waals surface area contributed by atoms with Gasteiger partial charge in [-0.25, -0.2) is 4.98 Å². The summed E-state index contributed by atoms with van der Waals surface area (Å²) >= 11 is 0. The van der Waals surface area contributed by atoms with E-state index in [1.807, 2.05) is 27.0 Å². The van der Waals surface area contributed by atoms with Crippen LogP contribution < -0.4 is 11.1 Å². The Morgan fingerprint density at radius 2 is 1.95 bits per heavy atom. The van der Waals surface area contributed by atoms with Crippen molar-refractivity contribution in [2.75, 3.05) is 0 Å². The largest absolute Gasteiger partial charge is 0.348 e. The molecule has 1 atom stereocenters. The van der Waals surface area contributed by atoms with Crippen molar-refractivity contribution >= 4 is 30.7 Å². The lowest BCUT2D eigenvalue weighted by molar-refractivity contribution is -0.124. The second-order valence-corrected chi connectivity index (χ2v) is 6.45. The van der Waals surface area contributed by atoms with Crippen molar-refractivity contribution in [3.8, 4) is 0 Å². The fraction of sp³-hybridized carbons (Fsp3) is 0.714. The van der Waals surface area contributed by atoms with E-state index >= 15 is 0 Å². The number of rotatable bonds is 5. The van der Waals surface area contributed by atoms with Crippen LogP contribution in [0.5, 0.6) is 0 Å². The molecule has 0 spiro atoms. The minimum Gasteiger partial charge on any atom is -0.348 e. The average Bonchev–Trinajstić information content (AvgIpc) is 2.70. The lowest BCUT2D eigenvalue weighted by Gasteiger charge is -2.25. The first-order valence-corrected chi connectivity index (χ1v) is 6.75. The fourth-order valence-corrected chi connectivity index (χ4v) is 1.74. The molecule has 0 aliphatic rings. The van der Waals surface area contributed by atoms with E-state index in [-0.39, 0.29) is 36.1 Å². The lowest BCUT2D eigenvalue weighted by atomic mass is 9.87. The number of nitrogens with one attached hydrogen (secondary N) is 1. The second kappa shape index (κ2) is 9.28. The van der Waals surface area contributed by atoms with Gasteiger partial charge < -0.3 is 15.6 Å². The second-order valence-electron chi connectivity index (χ2n) is 6.45. The Morgan fingerprint density at radius 3 is 2.43 bits per heavy atom. The Morgan fingerprint density at radius 1 is 1.38 bits per heavy atom. The third kappa shape index (κ3) is 7.16. The molecule has 124 valence electrons. The summed E-state index contributed by atoms with van der Waals surface area (Å²) in [7, 11) is 0. The molecule has 5 nitrogen and oxygen atoms in total. The van der Waals surface area contributed by atoms with Crippen LogP contribution in [-0.4, -0.2) is 21.5 Å². The molecular weight excluding hydrogens is 311 g/mol. The van der Waals surface area contributed by atoms with Gasteiger partial charge in [0.05, 0.1) is 12.6 Å². The van der Waals surface area contributed by atoms with E-state index in [1.165, 1.54) is 0 Å². The summed E-state index contributed by atoms with van der Waals surface area (Å²) in [4.78, 5) is 16.2. The van der Waals surface area contributed by atoms with E-state index < -0.39 is 6.04 Å². The highest BCUT2D eigenvalue weighted by molar-refractivity contribution is 5.85. The first-order valence-electron chi connectivity index (χ1n) is 6.75. The maximum absolute atomic E-state index is 11.9. The Balaban J connectivity index is 0. The highest BCUT2D eigenvalue weighted by atomic mass is 35.5. The first-order chi connectivity index (χ1) is 8.71. The maximum atomic E-state index is 11.9. The molecule has 1 rings (SSSR count). The molecule has 1 heterocycles. The molecular formula is C14H28Cl2N4O. The van der Waals surface area contributed by atoms with Gasteiger partial charge in [-0.05, 0) is 11.3 Å². The normalized spacial score (nSPS) is 12.3. The highest BCUT2D eigenvalue weighted by Gasteiger charge is 2.27. The molecule has 0 aromatic carbocycles. The molecule has 0 saturated heterocycles. The van der Waals surface area contributed by atoms with Gasteiger partial charge in [0.1, 0.15) is 5.82 Å².